The second-order valence-electron chi connectivity index (χ2n) is 2.91. The van der Waals surface area contributed by atoms with Gasteiger partial charge in [0.1, 0.15) is 0 Å². The van der Waals surface area contributed by atoms with E-state index < -0.39 is 27.6 Å². The summed E-state index contributed by atoms with van der Waals surface area (Å²) < 4.78 is 73.7. The van der Waals surface area contributed by atoms with E-state index in [0.717, 1.165) is 6.26 Å². The lowest BCUT2D eigenvalue weighted by molar-refractivity contribution is -0.224. The Kier molecular flexibility index (Phi) is 3.95. The first-order chi connectivity index (χ1) is 6.49. The molecule has 90 valence electrons. The normalized spacial score (nSPS) is 15.2. The Hall–Kier alpha value is -0.590. The van der Waals surface area contributed by atoms with Gasteiger partial charge in [0.05, 0.1) is 0 Å². The first kappa shape index (κ1) is 14.4. The van der Waals surface area contributed by atoms with Gasteiger partial charge in [-0.3, -0.25) is 0 Å². The maximum absolute atomic E-state index is 12.3. The van der Waals surface area contributed by atoms with Gasteiger partial charge in [0, 0.05) is 0 Å². The average molecular weight is 252 g/mol. The molecule has 0 radical (unpaired) electrons. The van der Waals surface area contributed by atoms with Crippen molar-refractivity contribution in [3.63, 3.8) is 0 Å². The third-order valence-corrected chi connectivity index (χ3v) is 4.81. The maximum atomic E-state index is 12.3. The minimum atomic E-state index is -5.34. The van der Waals surface area contributed by atoms with Crippen LogP contribution in [0, 0.1) is 0 Å². The van der Waals surface area contributed by atoms with Gasteiger partial charge in [-0.1, -0.05) is 13.2 Å². The van der Waals surface area contributed by atoms with E-state index in [1.165, 1.54) is 0 Å². The fraction of sp³-hybridized carbons (Fsp3) is 0.500. The summed E-state index contributed by atoms with van der Waals surface area (Å²) in [6.45, 7) is 6.03. The van der Waals surface area contributed by atoms with E-state index in [1.54, 1.807) is 0 Å². The molecule has 0 aliphatic rings. The SMILES string of the molecule is C=CS(C)(C=C)C(C(F)(F)F)C(F)(F)F. The highest BCUT2D eigenvalue weighted by Crippen LogP contribution is 2.61. The summed E-state index contributed by atoms with van der Waals surface area (Å²) >= 11 is 0. The Morgan fingerprint density at radius 3 is 1.27 bits per heavy atom. The zero-order valence-corrected chi connectivity index (χ0v) is 8.64. The smallest absolute Gasteiger partial charge is 0.185 e. The van der Waals surface area contributed by atoms with Gasteiger partial charge in [-0.05, 0) is 17.1 Å². The molecule has 0 aromatic rings. The Morgan fingerprint density at radius 1 is 0.933 bits per heavy atom. The molecular formula is C8H10F6S. The lowest BCUT2D eigenvalue weighted by Crippen LogP contribution is -2.44. The molecule has 0 saturated carbocycles. The second-order valence-corrected chi connectivity index (χ2v) is 6.28. The molecule has 15 heavy (non-hydrogen) atoms. The van der Waals surface area contributed by atoms with Gasteiger partial charge in [-0.2, -0.15) is 36.4 Å². The van der Waals surface area contributed by atoms with Crippen molar-refractivity contribution in [1.82, 2.24) is 0 Å². The van der Waals surface area contributed by atoms with Crippen LogP contribution in [0.5, 0.6) is 0 Å². The van der Waals surface area contributed by atoms with Crippen molar-refractivity contribution in [3.05, 3.63) is 24.0 Å². The number of hydrogen-bond donors (Lipinski definition) is 0. The van der Waals surface area contributed by atoms with Gasteiger partial charge in [0.2, 0.25) is 0 Å². The molecule has 0 aliphatic carbocycles. The van der Waals surface area contributed by atoms with Crippen molar-refractivity contribution >= 4 is 10.0 Å². The molecule has 0 bridgehead atoms. The molecule has 0 spiro atoms. The molecule has 0 aliphatic heterocycles. The van der Waals surface area contributed by atoms with Crippen LogP contribution in [0.4, 0.5) is 26.3 Å². The lowest BCUT2D eigenvalue weighted by Gasteiger charge is -2.39. The van der Waals surface area contributed by atoms with Gasteiger partial charge < -0.3 is 0 Å². The van der Waals surface area contributed by atoms with Crippen LogP contribution in [0.3, 0.4) is 0 Å². The van der Waals surface area contributed by atoms with Crippen LogP contribution in [0.15, 0.2) is 24.0 Å². The number of hydrogen-bond acceptors (Lipinski definition) is 0. The summed E-state index contributed by atoms with van der Waals surface area (Å²) in [5.74, 6) is 0. The minimum Gasteiger partial charge on any atom is -0.185 e. The molecule has 0 heterocycles. The van der Waals surface area contributed by atoms with Crippen molar-refractivity contribution in [3.8, 4) is 0 Å². The minimum absolute atomic E-state index is 0.686. The topological polar surface area (TPSA) is 0 Å². The van der Waals surface area contributed by atoms with Crippen LogP contribution >= 0.6 is 10.0 Å². The molecule has 0 nitrogen and oxygen atoms in total. The molecule has 0 unspecified atom stereocenters. The summed E-state index contributed by atoms with van der Waals surface area (Å²) in [6, 6.07) is 0. The fourth-order valence-electron chi connectivity index (χ4n) is 1.02. The average Bonchev–Trinajstić information content (AvgIpc) is 1.98. The standard InChI is InChI=1S/C8H10F6S/c1-4-15(3,5-2)6(7(9,10)11)8(12,13)14/h4-6H,1-2H2,3H3. The number of halogens is 6. The van der Waals surface area contributed by atoms with Crippen LogP contribution in [-0.4, -0.2) is 23.9 Å². The van der Waals surface area contributed by atoms with Crippen LogP contribution < -0.4 is 0 Å². The van der Waals surface area contributed by atoms with E-state index in [2.05, 4.69) is 13.2 Å². The summed E-state index contributed by atoms with van der Waals surface area (Å²) in [6.07, 6.45) is -9.81. The van der Waals surface area contributed by atoms with Gasteiger partial charge in [0.25, 0.3) is 0 Å². The Labute approximate surface area is 85.0 Å². The zero-order chi connectivity index (χ0) is 12.5. The molecule has 7 heteroatoms. The van der Waals surface area contributed by atoms with E-state index in [9.17, 15) is 26.3 Å². The van der Waals surface area contributed by atoms with E-state index >= 15 is 0 Å². The molecule has 0 aromatic heterocycles. The molecule has 0 fully saturated rings. The first-order valence-electron chi connectivity index (χ1n) is 3.64. The quantitative estimate of drug-likeness (QED) is 0.660. The Balaban J connectivity index is 5.49. The highest BCUT2D eigenvalue weighted by Gasteiger charge is 2.61. The van der Waals surface area contributed by atoms with Gasteiger partial charge in [-0.15, -0.1) is 0 Å². The Bertz CT molecular complexity index is 229. The lowest BCUT2D eigenvalue weighted by atomic mass is 10.4. The number of alkyl halides is 6. The molecule has 0 aromatic carbocycles. The van der Waals surface area contributed by atoms with Gasteiger partial charge in [0.15, 0.2) is 5.25 Å². The highest BCUT2D eigenvalue weighted by atomic mass is 32.3. The largest absolute Gasteiger partial charge is 0.408 e. The van der Waals surface area contributed by atoms with E-state index in [4.69, 9.17) is 0 Å². The number of rotatable bonds is 3. The van der Waals surface area contributed by atoms with Gasteiger partial charge in [-0.25, -0.2) is 0 Å². The van der Waals surface area contributed by atoms with Crippen molar-refractivity contribution in [2.75, 3.05) is 6.26 Å². The fourth-order valence-corrected chi connectivity index (χ4v) is 2.69. The molecule has 0 saturated heterocycles. The van der Waals surface area contributed by atoms with Crippen molar-refractivity contribution in [2.24, 2.45) is 0 Å². The van der Waals surface area contributed by atoms with Crippen LogP contribution in [-0.2, 0) is 0 Å². The van der Waals surface area contributed by atoms with E-state index in [0.29, 0.717) is 10.8 Å². The molecule has 0 rings (SSSR count). The summed E-state index contributed by atoms with van der Waals surface area (Å²) in [5.41, 5.74) is 0. The monoisotopic (exact) mass is 252 g/mol. The van der Waals surface area contributed by atoms with Crippen LogP contribution in [0.25, 0.3) is 0 Å². The molecular weight excluding hydrogens is 242 g/mol. The third-order valence-electron chi connectivity index (χ3n) is 1.82. The summed E-state index contributed by atoms with van der Waals surface area (Å²) in [5, 5.41) is -2.02. The predicted octanol–water partition coefficient (Wildman–Crippen LogP) is 4.20. The van der Waals surface area contributed by atoms with E-state index in [-0.39, 0.29) is 0 Å². The first-order valence-corrected chi connectivity index (χ1v) is 5.87. The second kappa shape index (κ2) is 4.11. The van der Waals surface area contributed by atoms with Crippen LogP contribution in [0.2, 0.25) is 0 Å². The van der Waals surface area contributed by atoms with Crippen molar-refractivity contribution < 1.29 is 26.3 Å². The molecule has 0 atom stereocenters. The molecule has 0 amide bonds. The van der Waals surface area contributed by atoms with Gasteiger partial charge >= 0.3 is 12.4 Å². The van der Waals surface area contributed by atoms with Crippen molar-refractivity contribution in [1.29, 1.82) is 0 Å². The summed E-state index contributed by atoms with van der Waals surface area (Å²) in [4.78, 5) is 0. The zero-order valence-electron chi connectivity index (χ0n) is 7.82. The van der Waals surface area contributed by atoms with E-state index in [1.807, 2.05) is 0 Å². The highest BCUT2D eigenvalue weighted by molar-refractivity contribution is 8.38. The van der Waals surface area contributed by atoms with Crippen LogP contribution in [0.1, 0.15) is 0 Å². The maximum Gasteiger partial charge on any atom is 0.408 e. The Morgan fingerprint density at radius 2 is 1.20 bits per heavy atom. The predicted molar refractivity (Wildman–Crippen MR) is 49.8 cm³/mol. The summed E-state index contributed by atoms with van der Waals surface area (Å²) in [7, 11) is -3.19. The third kappa shape index (κ3) is 3.19. The molecule has 0 N–H and O–H groups in total. The van der Waals surface area contributed by atoms with Crippen molar-refractivity contribution in [2.45, 2.75) is 17.6 Å².